The number of benzene rings is 1. The first kappa shape index (κ1) is 12.0. The van der Waals surface area contributed by atoms with Gasteiger partial charge in [-0.1, -0.05) is 6.07 Å². The quantitative estimate of drug-likeness (QED) is 0.634. The molecule has 0 atom stereocenters. The second-order valence-electron chi connectivity index (χ2n) is 4.46. The zero-order chi connectivity index (χ0) is 12.3. The molecular weight excluding hydrogens is 218 g/mol. The molecule has 0 aromatic heterocycles. The molecule has 0 amide bonds. The molecule has 0 bridgehead atoms. The van der Waals surface area contributed by atoms with Gasteiger partial charge in [0.15, 0.2) is 0 Å². The van der Waals surface area contributed by atoms with Crippen LogP contribution in [0.3, 0.4) is 0 Å². The number of nitro groups is 1. The first-order chi connectivity index (χ1) is 8.15. The fourth-order valence-corrected chi connectivity index (χ4v) is 2.16. The zero-order valence-electron chi connectivity index (χ0n) is 9.98. The lowest BCUT2D eigenvalue weighted by Gasteiger charge is -2.27. The molecule has 0 spiro atoms. The number of hydrogen-bond donors (Lipinski definition) is 1. The molecule has 0 radical (unpaired) electrons. The summed E-state index contributed by atoms with van der Waals surface area (Å²) in [7, 11) is 0. The number of hydrogen-bond acceptors (Lipinski definition) is 4. The number of piperazine rings is 1. The molecule has 92 valence electrons. The lowest BCUT2D eigenvalue weighted by atomic mass is 10.1. The van der Waals surface area contributed by atoms with Gasteiger partial charge in [0.25, 0.3) is 5.69 Å². The van der Waals surface area contributed by atoms with E-state index in [2.05, 4.69) is 10.2 Å². The van der Waals surface area contributed by atoms with Crippen molar-refractivity contribution < 1.29 is 4.92 Å². The number of nitrogens with zero attached hydrogens (tertiary/aromatic N) is 2. The largest absolute Gasteiger partial charge is 0.314 e. The van der Waals surface area contributed by atoms with Gasteiger partial charge in [0.05, 0.1) is 4.92 Å². The third kappa shape index (κ3) is 3.25. The van der Waals surface area contributed by atoms with Crippen molar-refractivity contribution in [2.24, 2.45) is 0 Å². The topological polar surface area (TPSA) is 58.4 Å². The number of nitro benzene ring substituents is 1. The molecule has 1 aliphatic rings. The normalized spacial score (nSPS) is 17.0. The number of aryl methyl sites for hydroxylation is 1. The molecule has 1 aromatic carbocycles. The fourth-order valence-electron chi connectivity index (χ4n) is 2.16. The molecule has 17 heavy (non-hydrogen) atoms. The van der Waals surface area contributed by atoms with Crippen LogP contribution in [0.1, 0.15) is 11.1 Å². The van der Waals surface area contributed by atoms with Gasteiger partial charge in [0, 0.05) is 44.9 Å². The summed E-state index contributed by atoms with van der Waals surface area (Å²) in [4.78, 5) is 12.8. The Labute approximate surface area is 101 Å². The van der Waals surface area contributed by atoms with Crippen molar-refractivity contribution in [2.75, 3.05) is 26.2 Å². The number of nitrogens with one attached hydrogen (secondary N) is 1. The van der Waals surface area contributed by atoms with Gasteiger partial charge in [-0.15, -0.1) is 0 Å². The highest BCUT2D eigenvalue weighted by Crippen LogP contribution is 2.18. The molecule has 0 aliphatic carbocycles. The fraction of sp³-hybridized carbons (Fsp3) is 0.500. The van der Waals surface area contributed by atoms with Crippen LogP contribution in [0.4, 0.5) is 5.69 Å². The second-order valence-corrected chi connectivity index (χ2v) is 4.46. The molecule has 1 fully saturated rings. The molecule has 0 unspecified atom stereocenters. The van der Waals surface area contributed by atoms with Crippen LogP contribution in [0.25, 0.3) is 0 Å². The third-order valence-electron chi connectivity index (χ3n) is 2.95. The van der Waals surface area contributed by atoms with Crippen molar-refractivity contribution in [3.8, 4) is 0 Å². The highest BCUT2D eigenvalue weighted by Gasteiger charge is 2.13. The Balaban J connectivity index is 2.11. The van der Waals surface area contributed by atoms with Crippen LogP contribution < -0.4 is 5.32 Å². The average molecular weight is 235 g/mol. The lowest BCUT2D eigenvalue weighted by Crippen LogP contribution is -2.42. The van der Waals surface area contributed by atoms with Crippen molar-refractivity contribution >= 4 is 5.69 Å². The number of non-ortho nitro benzene ring substituents is 1. The lowest BCUT2D eigenvalue weighted by molar-refractivity contribution is -0.385. The summed E-state index contributed by atoms with van der Waals surface area (Å²) in [6, 6.07) is 5.31. The van der Waals surface area contributed by atoms with E-state index in [1.165, 1.54) is 0 Å². The molecule has 1 saturated heterocycles. The van der Waals surface area contributed by atoms with E-state index in [0.717, 1.165) is 43.9 Å². The Kier molecular flexibility index (Phi) is 3.71. The molecule has 1 aromatic rings. The summed E-state index contributed by atoms with van der Waals surface area (Å²) in [5.41, 5.74) is 2.16. The Morgan fingerprint density at radius 2 is 2.06 bits per heavy atom. The van der Waals surface area contributed by atoms with Crippen LogP contribution in [0.2, 0.25) is 0 Å². The third-order valence-corrected chi connectivity index (χ3v) is 2.95. The highest BCUT2D eigenvalue weighted by atomic mass is 16.6. The van der Waals surface area contributed by atoms with E-state index in [1.807, 2.05) is 13.0 Å². The summed E-state index contributed by atoms with van der Waals surface area (Å²) < 4.78 is 0. The first-order valence-electron chi connectivity index (χ1n) is 5.83. The molecule has 2 rings (SSSR count). The van der Waals surface area contributed by atoms with E-state index in [0.29, 0.717) is 0 Å². The minimum absolute atomic E-state index is 0.190. The maximum absolute atomic E-state index is 10.8. The van der Waals surface area contributed by atoms with Gasteiger partial charge in [-0.25, -0.2) is 0 Å². The zero-order valence-corrected chi connectivity index (χ0v) is 9.98. The van der Waals surface area contributed by atoms with Gasteiger partial charge in [-0.2, -0.15) is 0 Å². The standard InChI is InChI=1S/C12H17N3O2/c1-10-6-11(8-12(7-10)15(16)17)9-14-4-2-13-3-5-14/h6-8,13H,2-5,9H2,1H3. The van der Waals surface area contributed by atoms with E-state index in [1.54, 1.807) is 12.1 Å². The van der Waals surface area contributed by atoms with Gasteiger partial charge >= 0.3 is 0 Å². The monoisotopic (exact) mass is 235 g/mol. The minimum Gasteiger partial charge on any atom is -0.314 e. The molecule has 1 N–H and O–H groups in total. The predicted molar refractivity (Wildman–Crippen MR) is 66.0 cm³/mol. The Bertz CT molecular complexity index is 414. The van der Waals surface area contributed by atoms with Gasteiger partial charge in [0.2, 0.25) is 0 Å². The van der Waals surface area contributed by atoms with E-state index in [-0.39, 0.29) is 10.6 Å². The van der Waals surface area contributed by atoms with E-state index in [9.17, 15) is 10.1 Å². The van der Waals surface area contributed by atoms with E-state index < -0.39 is 0 Å². The molecule has 5 nitrogen and oxygen atoms in total. The first-order valence-corrected chi connectivity index (χ1v) is 5.83. The Morgan fingerprint density at radius 3 is 2.71 bits per heavy atom. The predicted octanol–water partition coefficient (Wildman–Crippen LogP) is 1.31. The molecule has 1 heterocycles. The van der Waals surface area contributed by atoms with Crippen LogP contribution in [0.5, 0.6) is 0 Å². The summed E-state index contributed by atoms with van der Waals surface area (Å²) in [6.45, 7) is 6.68. The van der Waals surface area contributed by atoms with Crippen LogP contribution >= 0.6 is 0 Å². The van der Waals surface area contributed by atoms with Crippen LogP contribution in [-0.2, 0) is 6.54 Å². The van der Waals surface area contributed by atoms with Gasteiger partial charge < -0.3 is 5.32 Å². The number of rotatable bonds is 3. The minimum atomic E-state index is -0.325. The van der Waals surface area contributed by atoms with E-state index >= 15 is 0 Å². The molecule has 0 saturated carbocycles. The van der Waals surface area contributed by atoms with E-state index in [4.69, 9.17) is 0 Å². The molecule has 5 heteroatoms. The van der Waals surface area contributed by atoms with Gasteiger partial charge in [-0.3, -0.25) is 15.0 Å². The van der Waals surface area contributed by atoms with Gasteiger partial charge in [-0.05, 0) is 18.1 Å². The maximum Gasteiger partial charge on any atom is 0.270 e. The van der Waals surface area contributed by atoms with Gasteiger partial charge in [0.1, 0.15) is 0 Å². The molecule has 1 aliphatic heterocycles. The maximum atomic E-state index is 10.8. The van der Waals surface area contributed by atoms with Crippen molar-refractivity contribution in [3.05, 3.63) is 39.4 Å². The summed E-state index contributed by atoms with van der Waals surface area (Å²) >= 11 is 0. The smallest absolute Gasteiger partial charge is 0.270 e. The molecular formula is C12H17N3O2. The summed E-state index contributed by atoms with van der Waals surface area (Å²) in [6.07, 6.45) is 0. The van der Waals surface area contributed by atoms with Crippen molar-refractivity contribution in [1.29, 1.82) is 0 Å². The highest BCUT2D eigenvalue weighted by molar-refractivity contribution is 5.38. The average Bonchev–Trinajstić information content (AvgIpc) is 2.29. The summed E-state index contributed by atoms with van der Waals surface area (Å²) in [5.74, 6) is 0. The Hall–Kier alpha value is -1.46. The van der Waals surface area contributed by atoms with Crippen LogP contribution in [0, 0.1) is 17.0 Å². The van der Waals surface area contributed by atoms with Crippen LogP contribution in [0.15, 0.2) is 18.2 Å². The second kappa shape index (κ2) is 5.25. The SMILES string of the molecule is Cc1cc(CN2CCNCC2)cc([N+](=O)[O-])c1. The van der Waals surface area contributed by atoms with Crippen LogP contribution in [-0.4, -0.2) is 36.0 Å². The van der Waals surface area contributed by atoms with Crippen molar-refractivity contribution in [3.63, 3.8) is 0 Å². The van der Waals surface area contributed by atoms with Crippen molar-refractivity contribution in [1.82, 2.24) is 10.2 Å². The van der Waals surface area contributed by atoms with Crippen molar-refractivity contribution in [2.45, 2.75) is 13.5 Å². The summed E-state index contributed by atoms with van der Waals surface area (Å²) in [5, 5.41) is 14.1. The Morgan fingerprint density at radius 1 is 1.35 bits per heavy atom.